The summed E-state index contributed by atoms with van der Waals surface area (Å²) >= 11 is 0. The summed E-state index contributed by atoms with van der Waals surface area (Å²) in [6.07, 6.45) is -4.42. The van der Waals surface area contributed by atoms with E-state index in [1.807, 2.05) is 0 Å². The molecule has 0 heterocycles. The van der Waals surface area contributed by atoms with Gasteiger partial charge in [0.1, 0.15) is 12.7 Å². The van der Waals surface area contributed by atoms with Crippen LogP contribution in [0.4, 0.5) is 22.4 Å². The first-order chi connectivity index (χ1) is 11.1. The first-order valence-electron chi connectivity index (χ1n) is 7.23. The van der Waals surface area contributed by atoms with Crippen molar-refractivity contribution < 1.29 is 27.2 Å². The van der Waals surface area contributed by atoms with Gasteiger partial charge in [0, 0.05) is 6.54 Å². The van der Waals surface area contributed by atoms with Crippen molar-refractivity contribution in [3.8, 4) is 0 Å². The van der Waals surface area contributed by atoms with Crippen LogP contribution in [0.25, 0.3) is 0 Å². The summed E-state index contributed by atoms with van der Waals surface area (Å²) in [5.74, 6) is -0.537. The first kappa shape index (κ1) is 19.7. The van der Waals surface area contributed by atoms with E-state index in [4.69, 9.17) is 0 Å². The van der Waals surface area contributed by atoms with Gasteiger partial charge in [0.15, 0.2) is 0 Å². The van der Waals surface area contributed by atoms with Gasteiger partial charge in [-0.2, -0.15) is 13.2 Å². The minimum absolute atomic E-state index is 0.144. The molecule has 9 heteroatoms. The standard InChI is InChI=1S/C15H19F4N3O2/c1-9(11-3-5-12(6-4-11)15(17,18)19)21-14(24)22-10(2)13(23)20-8-7-16/h3-6,9-10H,7-8H2,1-2H3,(H,20,23)(H2,21,22,24). The number of hydrogen-bond donors (Lipinski definition) is 3. The van der Waals surface area contributed by atoms with Crippen molar-refractivity contribution in [2.24, 2.45) is 0 Å². The van der Waals surface area contributed by atoms with Gasteiger partial charge in [-0.1, -0.05) is 12.1 Å². The Morgan fingerprint density at radius 1 is 1.08 bits per heavy atom. The molecule has 0 aliphatic carbocycles. The largest absolute Gasteiger partial charge is 0.416 e. The molecule has 1 aromatic carbocycles. The Hall–Kier alpha value is -2.32. The molecule has 1 aromatic rings. The molecule has 24 heavy (non-hydrogen) atoms. The van der Waals surface area contributed by atoms with E-state index < -0.39 is 42.4 Å². The monoisotopic (exact) mass is 349 g/mol. The Labute approximate surface area is 136 Å². The molecule has 2 unspecified atom stereocenters. The van der Waals surface area contributed by atoms with E-state index in [1.54, 1.807) is 6.92 Å². The van der Waals surface area contributed by atoms with Crippen molar-refractivity contribution in [2.45, 2.75) is 32.1 Å². The third-order valence-corrected chi connectivity index (χ3v) is 3.22. The molecular formula is C15H19F4N3O2. The van der Waals surface area contributed by atoms with Crippen LogP contribution in [-0.2, 0) is 11.0 Å². The molecule has 0 saturated heterocycles. The van der Waals surface area contributed by atoms with Gasteiger partial charge < -0.3 is 16.0 Å². The summed E-state index contributed by atoms with van der Waals surface area (Å²) in [5.41, 5.74) is -0.297. The van der Waals surface area contributed by atoms with Crippen LogP contribution < -0.4 is 16.0 Å². The molecule has 0 aliphatic rings. The molecule has 0 spiro atoms. The quantitative estimate of drug-likeness (QED) is 0.691. The van der Waals surface area contributed by atoms with E-state index in [9.17, 15) is 27.2 Å². The fourth-order valence-electron chi connectivity index (χ4n) is 1.87. The summed E-state index contributed by atoms with van der Waals surface area (Å²) in [4.78, 5) is 23.3. The van der Waals surface area contributed by atoms with Crippen LogP contribution in [0.3, 0.4) is 0 Å². The molecule has 0 fully saturated rings. The van der Waals surface area contributed by atoms with Crippen molar-refractivity contribution in [1.82, 2.24) is 16.0 Å². The summed E-state index contributed by atoms with van der Waals surface area (Å²) in [6.45, 7) is 2.16. The van der Waals surface area contributed by atoms with Gasteiger partial charge in [0.2, 0.25) is 5.91 Å². The topological polar surface area (TPSA) is 70.2 Å². The van der Waals surface area contributed by atoms with Crippen LogP contribution in [0.1, 0.15) is 31.0 Å². The maximum atomic E-state index is 12.5. The zero-order chi connectivity index (χ0) is 18.3. The lowest BCUT2D eigenvalue weighted by molar-refractivity contribution is -0.137. The number of nitrogens with one attached hydrogen (secondary N) is 3. The Bertz CT molecular complexity index is 561. The van der Waals surface area contributed by atoms with E-state index in [0.717, 1.165) is 12.1 Å². The summed E-state index contributed by atoms with van der Waals surface area (Å²) in [5, 5.41) is 7.15. The highest BCUT2D eigenvalue weighted by Gasteiger charge is 2.30. The average molecular weight is 349 g/mol. The van der Waals surface area contributed by atoms with Gasteiger partial charge in [-0.15, -0.1) is 0 Å². The lowest BCUT2D eigenvalue weighted by Gasteiger charge is -2.18. The van der Waals surface area contributed by atoms with Crippen molar-refractivity contribution in [3.63, 3.8) is 0 Å². The van der Waals surface area contributed by atoms with Gasteiger partial charge in [-0.25, -0.2) is 9.18 Å². The summed E-state index contributed by atoms with van der Waals surface area (Å²) < 4.78 is 49.4. The van der Waals surface area contributed by atoms with Crippen LogP contribution in [0.15, 0.2) is 24.3 Å². The van der Waals surface area contributed by atoms with Crippen LogP contribution >= 0.6 is 0 Å². The Balaban J connectivity index is 2.56. The fraction of sp³-hybridized carbons (Fsp3) is 0.467. The zero-order valence-electron chi connectivity index (χ0n) is 13.2. The van der Waals surface area contributed by atoms with Crippen molar-refractivity contribution in [1.29, 1.82) is 0 Å². The number of halogens is 4. The van der Waals surface area contributed by atoms with E-state index >= 15 is 0 Å². The normalized spacial score (nSPS) is 13.8. The number of carbonyl (C=O) groups excluding carboxylic acids is 2. The second kappa shape index (κ2) is 8.51. The number of hydrogen-bond acceptors (Lipinski definition) is 2. The minimum Gasteiger partial charge on any atom is -0.352 e. The predicted octanol–water partition coefficient (Wildman–Crippen LogP) is 2.54. The minimum atomic E-state index is -4.42. The summed E-state index contributed by atoms with van der Waals surface area (Å²) in [7, 11) is 0. The molecule has 134 valence electrons. The zero-order valence-corrected chi connectivity index (χ0v) is 13.2. The SMILES string of the molecule is CC(NC(=O)NC(C)c1ccc(C(F)(F)F)cc1)C(=O)NCCF. The number of urea groups is 1. The van der Waals surface area contributed by atoms with Crippen molar-refractivity contribution in [2.75, 3.05) is 13.2 Å². The van der Waals surface area contributed by atoms with Crippen LogP contribution in [0.5, 0.6) is 0 Å². The highest BCUT2D eigenvalue weighted by Crippen LogP contribution is 2.29. The second-order valence-electron chi connectivity index (χ2n) is 5.16. The van der Waals surface area contributed by atoms with Gasteiger partial charge in [0.25, 0.3) is 0 Å². The van der Waals surface area contributed by atoms with Gasteiger partial charge in [-0.3, -0.25) is 4.79 Å². The van der Waals surface area contributed by atoms with E-state index in [1.165, 1.54) is 19.1 Å². The first-order valence-corrected chi connectivity index (χ1v) is 7.23. The molecule has 0 aliphatic heterocycles. The van der Waals surface area contributed by atoms with E-state index in [0.29, 0.717) is 5.56 Å². The Morgan fingerprint density at radius 2 is 1.67 bits per heavy atom. The van der Waals surface area contributed by atoms with Crippen LogP contribution in [0.2, 0.25) is 0 Å². The number of rotatable bonds is 6. The van der Waals surface area contributed by atoms with Crippen LogP contribution in [-0.4, -0.2) is 31.2 Å². The highest BCUT2D eigenvalue weighted by molar-refractivity contribution is 5.86. The maximum absolute atomic E-state index is 12.5. The Morgan fingerprint density at radius 3 is 2.17 bits per heavy atom. The van der Waals surface area contributed by atoms with E-state index in [-0.39, 0.29) is 6.54 Å². The lowest BCUT2D eigenvalue weighted by atomic mass is 10.1. The molecule has 3 N–H and O–H groups in total. The fourth-order valence-corrected chi connectivity index (χ4v) is 1.87. The number of carbonyl (C=O) groups is 2. The van der Waals surface area contributed by atoms with Gasteiger partial charge in [-0.05, 0) is 31.5 Å². The molecule has 5 nitrogen and oxygen atoms in total. The molecule has 0 aromatic heterocycles. The average Bonchev–Trinajstić information content (AvgIpc) is 2.51. The number of benzene rings is 1. The second-order valence-corrected chi connectivity index (χ2v) is 5.16. The third kappa shape index (κ3) is 6.05. The smallest absolute Gasteiger partial charge is 0.352 e. The molecule has 3 amide bonds. The highest BCUT2D eigenvalue weighted by atomic mass is 19.4. The van der Waals surface area contributed by atoms with Crippen LogP contribution in [0, 0.1) is 0 Å². The molecule has 0 radical (unpaired) electrons. The maximum Gasteiger partial charge on any atom is 0.416 e. The number of amides is 3. The molecule has 0 saturated carbocycles. The van der Waals surface area contributed by atoms with Crippen molar-refractivity contribution in [3.05, 3.63) is 35.4 Å². The molecule has 2 atom stereocenters. The molecular weight excluding hydrogens is 330 g/mol. The Kier molecular flexibility index (Phi) is 6.99. The summed E-state index contributed by atoms with van der Waals surface area (Å²) in [6, 6.07) is 2.29. The van der Waals surface area contributed by atoms with Gasteiger partial charge >= 0.3 is 12.2 Å². The van der Waals surface area contributed by atoms with Gasteiger partial charge in [0.05, 0.1) is 11.6 Å². The van der Waals surface area contributed by atoms with Crippen molar-refractivity contribution >= 4 is 11.9 Å². The third-order valence-electron chi connectivity index (χ3n) is 3.22. The molecule has 0 bridgehead atoms. The molecule has 1 rings (SSSR count). The predicted molar refractivity (Wildman–Crippen MR) is 80.0 cm³/mol. The van der Waals surface area contributed by atoms with E-state index in [2.05, 4.69) is 16.0 Å². The number of alkyl halides is 4. The lowest BCUT2D eigenvalue weighted by Crippen LogP contribution is -2.49.